The molecule has 1 N–H and O–H groups in total. The van der Waals surface area contributed by atoms with Crippen LogP contribution in [0.5, 0.6) is 0 Å². The smallest absolute Gasteiger partial charge is 0.253 e. The monoisotopic (exact) mass is 335 g/mol. The van der Waals surface area contributed by atoms with Gasteiger partial charge in [0.25, 0.3) is 5.91 Å². The van der Waals surface area contributed by atoms with Crippen molar-refractivity contribution in [3.05, 3.63) is 59.4 Å². The van der Waals surface area contributed by atoms with Crippen molar-refractivity contribution in [2.45, 2.75) is 18.9 Å². The van der Waals surface area contributed by atoms with Gasteiger partial charge in [-0.1, -0.05) is 12.1 Å². The Hall–Kier alpha value is -2.34. The lowest BCUT2D eigenvalue weighted by molar-refractivity contribution is 0.0546. The van der Waals surface area contributed by atoms with E-state index in [9.17, 15) is 23.1 Å². The Kier molecular flexibility index (Phi) is 4.57. The molecule has 0 radical (unpaired) electrons. The van der Waals surface area contributed by atoms with Crippen LogP contribution in [0.2, 0.25) is 0 Å². The molecule has 0 unspecified atom stereocenters. The summed E-state index contributed by atoms with van der Waals surface area (Å²) in [5, 5.41) is 9.48. The van der Waals surface area contributed by atoms with E-state index in [1.807, 2.05) is 0 Å². The zero-order valence-corrected chi connectivity index (χ0v) is 12.8. The fourth-order valence-corrected chi connectivity index (χ4v) is 2.78. The second-order valence-electron chi connectivity index (χ2n) is 5.85. The van der Waals surface area contributed by atoms with Crippen LogP contribution in [0.3, 0.4) is 0 Å². The number of aliphatic hydroxyl groups excluding tert-OH is 1. The van der Waals surface area contributed by atoms with Gasteiger partial charge in [-0.2, -0.15) is 0 Å². The standard InChI is InChI=1S/C18H16F3NO2/c19-15-9-13(10-16(20)17(15)21)11-1-3-12(4-2-11)18(24)22-7-5-14(23)6-8-22/h1-4,9-10,14,23H,5-8H2. The molecule has 3 rings (SSSR count). The molecule has 3 nitrogen and oxygen atoms in total. The number of aliphatic hydroxyl groups is 1. The average molecular weight is 335 g/mol. The average Bonchev–Trinajstić information content (AvgIpc) is 2.59. The zero-order chi connectivity index (χ0) is 17.3. The lowest BCUT2D eigenvalue weighted by Crippen LogP contribution is -2.40. The van der Waals surface area contributed by atoms with E-state index in [1.165, 1.54) is 0 Å². The van der Waals surface area contributed by atoms with Crippen molar-refractivity contribution in [1.82, 2.24) is 4.90 Å². The quantitative estimate of drug-likeness (QED) is 0.855. The largest absolute Gasteiger partial charge is 0.393 e. The summed E-state index contributed by atoms with van der Waals surface area (Å²) in [6.07, 6.45) is 0.746. The van der Waals surface area contributed by atoms with Gasteiger partial charge in [0.15, 0.2) is 17.5 Å². The van der Waals surface area contributed by atoms with Crippen molar-refractivity contribution < 1.29 is 23.1 Å². The maximum atomic E-state index is 13.3. The first-order chi connectivity index (χ1) is 11.5. The Labute approximate surface area is 137 Å². The van der Waals surface area contributed by atoms with Crippen molar-refractivity contribution in [2.75, 3.05) is 13.1 Å². The van der Waals surface area contributed by atoms with Gasteiger partial charge in [-0.05, 0) is 48.2 Å². The molecule has 2 aromatic carbocycles. The van der Waals surface area contributed by atoms with Gasteiger partial charge in [0.1, 0.15) is 0 Å². The van der Waals surface area contributed by atoms with E-state index in [0.717, 1.165) is 12.1 Å². The summed E-state index contributed by atoms with van der Waals surface area (Å²) in [5.41, 5.74) is 1.14. The number of rotatable bonds is 2. The molecule has 0 aromatic heterocycles. The van der Waals surface area contributed by atoms with Gasteiger partial charge >= 0.3 is 0 Å². The first-order valence-electron chi connectivity index (χ1n) is 7.68. The first kappa shape index (κ1) is 16.5. The fraction of sp³-hybridized carbons (Fsp3) is 0.278. The van der Waals surface area contributed by atoms with Crippen LogP contribution in [0.25, 0.3) is 11.1 Å². The molecule has 0 aliphatic carbocycles. The summed E-state index contributed by atoms with van der Waals surface area (Å²) in [6, 6.07) is 8.11. The van der Waals surface area contributed by atoms with Crippen LogP contribution in [0.4, 0.5) is 13.2 Å². The lowest BCUT2D eigenvalue weighted by Gasteiger charge is -2.29. The number of amides is 1. The minimum absolute atomic E-state index is 0.148. The first-order valence-corrected chi connectivity index (χ1v) is 7.68. The molecule has 0 saturated carbocycles. The SMILES string of the molecule is O=C(c1ccc(-c2cc(F)c(F)c(F)c2)cc1)N1CCC(O)CC1. The van der Waals surface area contributed by atoms with Gasteiger partial charge < -0.3 is 10.0 Å². The number of carbonyl (C=O) groups excluding carboxylic acids is 1. The highest BCUT2D eigenvalue weighted by atomic mass is 19.2. The molecule has 1 aliphatic heterocycles. The third kappa shape index (κ3) is 3.28. The van der Waals surface area contributed by atoms with Crippen LogP contribution in [-0.2, 0) is 0 Å². The Morgan fingerprint density at radius 1 is 0.958 bits per heavy atom. The highest BCUT2D eigenvalue weighted by molar-refractivity contribution is 5.94. The molecule has 1 amide bonds. The number of likely N-dealkylation sites (tertiary alicyclic amines) is 1. The number of nitrogens with zero attached hydrogens (tertiary/aromatic N) is 1. The van der Waals surface area contributed by atoms with Gasteiger partial charge in [-0.25, -0.2) is 13.2 Å². The normalized spacial score (nSPS) is 15.6. The van der Waals surface area contributed by atoms with E-state index in [0.29, 0.717) is 37.1 Å². The van der Waals surface area contributed by atoms with Crippen LogP contribution in [-0.4, -0.2) is 35.1 Å². The molecule has 1 saturated heterocycles. The molecular formula is C18H16F3NO2. The molecule has 0 bridgehead atoms. The second kappa shape index (κ2) is 6.65. The molecule has 1 aliphatic rings. The summed E-state index contributed by atoms with van der Waals surface area (Å²) in [5.74, 6) is -4.16. The maximum absolute atomic E-state index is 13.3. The molecule has 24 heavy (non-hydrogen) atoms. The number of hydrogen-bond acceptors (Lipinski definition) is 2. The fourth-order valence-electron chi connectivity index (χ4n) is 2.78. The summed E-state index contributed by atoms with van der Waals surface area (Å²) < 4.78 is 39.6. The van der Waals surface area contributed by atoms with Crippen molar-refractivity contribution in [3.63, 3.8) is 0 Å². The third-order valence-corrected chi connectivity index (χ3v) is 4.20. The van der Waals surface area contributed by atoms with Crippen molar-refractivity contribution in [2.24, 2.45) is 0 Å². The van der Waals surface area contributed by atoms with Crippen LogP contribution in [0.15, 0.2) is 36.4 Å². The van der Waals surface area contributed by atoms with Crippen molar-refractivity contribution in [1.29, 1.82) is 0 Å². The van der Waals surface area contributed by atoms with Crippen LogP contribution < -0.4 is 0 Å². The minimum atomic E-state index is -1.50. The van der Waals surface area contributed by atoms with Crippen LogP contribution >= 0.6 is 0 Å². The summed E-state index contributed by atoms with van der Waals surface area (Å²) in [6.45, 7) is 0.992. The predicted octanol–water partition coefficient (Wildman–Crippen LogP) is 3.37. The van der Waals surface area contributed by atoms with E-state index in [-0.39, 0.29) is 17.6 Å². The number of benzene rings is 2. The van der Waals surface area contributed by atoms with E-state index in [4.69, 9.17) is 0 Å². The molecule has 1 heterocycles. The Balaban J connectivity index is 1.79. The van der Waals surface area contributed by atoms with E-state index in [2.05, 4.69) is 0 Å². The van der Waals surface area contributed by atoms with E-state index < -0.39 is 17.5 Å². The van der Waals surface area contributed by atoms with Gasteiger partial charge in [0.2, 0.25) is 0 Å². The number of hydrogen-bond donors (Lipinski definition) is 1. The minimum Gasteiger partial charge on any atom is -0.393 e. The molecule has 0 atom stereocenters. The van der Waals surface area contributed by atoms with Gasteiger partial charge in [0, 0.05) is 18.7 Å². The number of halogens is 3. The molecule has 1 fully saturated rings. The number of carbonyl (C=O) groups is 1. The molecule has 0 spiro atoms. The summed E-state index contributed by atoms with van der Waals surface area (Å²) >= 11 is 0. The molecule has 6 heteroatoms. The van der Waals surface area contributed by atoms with Crippen LogP contribution in [0, 0.1) is 17.5 Å². The van der Waals surface area contributed by atoms with Crippen LogP contribution in [0.1, 0.15) is 23.2 Å². The van der Waals surface area contributed by atoms with Crippen molar-refractivity contribution in [3.8, 4) is 11.1 Å². The highest BCUT2D eigenvalue weighted by Gasteiger charge is 2.22. The Morgan fingerprint density at radius 3 is 2.04 bits per heavy atom. The summed E-state index contributed by atoms with van der Waals surface area (Å²) in [7, 11) is 0. The van der Waals surface area contributed by atoms with Crippen molar-refractivity contribution >= 4 is 5.91 Å². The third-order valence-electron chi connectivity index (χ3n) is 4.20. The zero-order valence-electron chi connectivity index (χ0n) is 12.8. The highest BCUT2D eigenvalue weighted by Crippen LogP contribution is 2.24. The molecular weight excluding hydrogens is 319 g/mol. The molecule has 126 valence electrons. The topological polar surface area (TPSA) is 40.5 Å². The second-order valence-corrected chi connectivity index (χ2v) is 5.85. The van der Waals surface area contributed by atoms with E-state index >= 15 is 0 Å². The van der Waals surface area contributed by atoms with Gasteiger partial charge in [0.05, 0.1) is 6.10 Å². The maximum Gasteiger partial charge on any atom is 0.253 e. The van der Waals surface area contributed by atoms with Gasteiger partial charge in [-0.3, -0.25) is 4.79 Å². The lowest BCUT2D eigenvalue weighted by atomic mass is 10.0. The Morgan fingerprint density at radius 2 is 1.50 bits per heavy atom. The Bertz CT molecular complexity index is 730. The summed E-state index contributed by atoms with van der Waals surface area (Å²) in [4.78, 5) is 14.0. The van der Waals surface area contributed by atoms with E-state index in [1.54, 1.807) is 29.2 Å². The predicted molar refractivity (Wildman–Crippen MR) is 82.9 cm³/mol. The molecule has 2 aromatic rings. The van der Waals surface area contributed by atoms with Gasteiger partial charge in [-0.15, -0.1) is 0 Å². The number of piperidine rings is 1.